The Kier molecular flexibility index (Phi) is 4.06. The zero-order valence-corrected chi connectivity index (χ0v) is 11.6. The van der Waals surface area contributed by atoms with Gasteiger partial charge in [0.1, 0.15) is 5.15 Å². The molecule has 106 valence electrons. The van der Waals surface area contributed by atoms with Crippen LogP contribution in [0, 0.1) is 0 Å². The van der Waals surface area contributed by atoms with Crippen LogP contribution in [-0.2, 0) is 13.2 Å². The van der Waals surface area contributed by atoms with Gasteiger partial charge in [0.25, 0.3) is 0 Å². The molecule has 2 aromatic rings. The summed E-state index contributed by atoms with van der Waals surface area (Å²) in [5.74, 6) is 0. The van der Waals surface area contributed by atoms with Gasteiger partial charge in [0.15, 0.2) is 5.69 Å². The summed E-state index contributed by atoms with van der Waals surface area (Å²) < 4.78 is 39.4. The molecule has 3 nitrogen and oxygen atoms in total. The molecule has 0 aliphatic rings. The summed E-state index contributed by atoms with van der Waals surface area (Å²) in [5.41, 5.74) is -0.873. The Morgan fingerprint density at radius 1 is 1.20 bits per heavy atom. The Morgan fingerprint density at radius 3 is 2.35 bits per heavy atom. The molecule has 0 atom stereocenters. The summed E-state index contributed by atoms with van der Waals surface area (Å²) in [4.78, 5) is 3.94. The van der Waals surface area contributed by atoms with Crippen LogP contribution in [0.4, 0.5) is 18.9 Å². The minimum absolute atomic E-state index is 0.130. The highest BCUT2D eigenvalue weighted by atomic mass is 35.5. The van der Waals surface area contributed by atoms with Gasteiger partial charge in [0.05, 0.1) is 11.3 Å². The van der Waals surface area contributed by atoms with Crippen LogP contribution in [0.15, 0.2) is 29.3 Å². The van der Waals surface area contributed by atoms with E-state index in [1.807, 2.05) is 0 Å². The monoisotopic (exact) mass is 321 g/mol. The Labute approximate surface area is 122 Å². The molecular formula is C12H8Cl2F3N3. The maximum absolute atomic E-state index is 12.8. The molecule has 2 rings (SSSR count). The zero-order chi connectivity index (χ0) is 14.9. The summed E-state index contributed by atoms with van der Waals surface area (Å²) in [7, 11) is 1.33. The second-order valence-corrected chi connectivity index (χ2v) is 4.70. The fourth-order valence-corrected chi connectivity index (χ4v) is 1.81. The van der Waals surface area contributed by atoms with Crippen molar-refractivity contribution in [2.75, 3.05) is 0 Å². The van der Waals surface area contributed by atoms with Gasteiger partial charge in [-0.15, -0.1) is 0 Å². The van der Waals surface area contributed by atoms with Crippen molar-refractivity contribution in [3.63, 3.8) is 0 Å². The number of aryl methyl sites for hydroxylation is 1. The lowest BCUT2D eigenvalue weighted by molar-refractivity contribution is -0.141. The number of hydrogen-bond donors (Lipinski definition) is 0. The quantitative estimate of drug-likeness (QED) is 0.749. The molecule has 0 aliphatic heterocycles. The lowest BCUT2D eigenvalue weighted by atomic mass is 10.2. The van der Waals surface area contributed by atoms with Crippen molar-refractivity contribution < 1.29 is 13.2 Å². The van der Waals surface area contributed by atoms with Crippen LogP contribution < -0.4 is 0 Å². The van der Waals surface area contributed by atoms with E-state index in [0.717, 1.165) is 10.9 Å². The van der Waals surface area contributed by atoms with Gasteiger partial charge in [0.2, 0.25) is 0 Å². The molecule has 1 heterocycles. The number of alkyl halides is 3. The van der Waals surface area contributed by atoms with E-state index in [4.69, 9.17) is 23.2 Å². The number of halogens is 5. The number of aromatic nitrogens is 2. The van der Waals surface area contributed by atoms with Crippen molar-refractivity contribution in [3.8, 4) is 0 Å². The minimum atomic E-state index is -4.59. The Morgan fingerprint density at radius 2 is 1.80 bits per heavy atom. The Bertz CT molecular complexity index is 645. The minimum Gasteiger partial charge on any atom is -0.256 e. The Balaban J connectivity index is 2.40. The van der Waals surface area contributed by atoms with Crippen LogP contribution >= 0.6 is 23.2 Å². The molecule has 0 amide bonds. The zero-order valence-electron chi connectivity index (χ0n) is 10.1. The molecule has 20 heavy (non-hydrogen) atoms. The fourth-order valence-electron chi connectivity index (χ4n) is 1.51. The summed E-state index contributed by atoms with van der Waals surface area (Å²) in [6.45, 7) is 0. The summed E-state index contributed by atoms with van der Waals surface area (Å²) in [6, 6.07) is 6.33. The maximum Gasteiger partial charge on any atom is 0.435 e. The third-order valence-corrected chi connectivity index (χ3v) is 3.15. The van der Waals surface area contributed by atoms with Gasteiger partial charge in [-0.25, -0.2) is 0 Å². The topological polar surface area (TPSA) is 30.2 Å². The first-order valence-corrected chi connectivity index (χ1v) is 6.14. The number of aliphatic imine (C=N–C) groups is 1. The van der Waals surface area contributed by atoms with Crippen LogP contribution in [0.25, 0.3) is 0 Å². The largest absolute Gasteiger partial charge is 0.435 e. The molecule has 0 unspecified atom stereocenters. The van der Waals surface area contributed by atoms with E-state index < -0.39 is 11.9 Å². The van der Waals surface area contributed by atoms with Gasteiger partial charge in [-0.2, -0.15) is 18.3 Å². The second-order valence-electron chi connectivity index (χ2n) is 3.91. The van der Waals surface area contributed by atoms with Crippen molar-refractivity contribution >= 4 is 35.1 Å². The van der Waals surface area contributed by atoms with Gasteiger partial charge >= 0.3 is 6.18 Å². The standard InChI is InChI=1S/C12H8Cl2F3N3/c1-20-11(14)9(10(19-20)12(15,16)17)6-18-8-4-2-7(13)3-5-8/h2-6H,1H3. The second kappa shape index (κ2) is 5.46. The highest BCUT2D eigenvalue weighted by Crippen LogP contribution is 2.33. The average Bonchev–Trinajstić information content (AvgIpc) is 2.65. The maximum atomic E-state index is 12.8. The summed E-state index contributed by atoms with van der Waals surface area (Å²) >= 11 is 11.5. The van der Waals surface area contributed by atoms with Crippen LogP contribution in [-0.4, -0.2) is 16.0 Å². The van der Waals surface area contributed by atoms with Crippen molar-refractivity contribution in [3.05, 3.63) is 45.7 Å². The van der Waals surface area contributed by atoms with E-state index in [1.165, 1.54) is 7.05 Å². The first kappa shape index (κ1) is 14.9. The average molecular weight is 322 g/mol. The van der Waals surface area contributed by atoms with Gasteiger partial charge < -0.3 is 0 Å². The smallest absolute Gasteiger partial charge is 0.256 e. The fraction of sp³-hybridized carbons (Fsp3) is 0.167. The SMILES string of the molecule is Cn1nc(C(F)(F)F)c(C=Nc2ccc(Cl)cc2)c1Cl. The van der Waals surface area contributed by atoms with E-state index in [0.29, 0.717) is 10.7 Å². The van der Waals surface area contributed by atoms with Crippen LogP contribution in [0.1, 0.15) is 11.3 Å². The molecule has 1 aromatic carbocycles. The van der Waals surface area contributed by atoms with Crippen molar-refractivity contribution in [2.45, 2.75) is 6.18 Å². The third kappa shape index (κ3) is 3.13. The van der Waals surface area contributed by atoms with Crippen molar-refractivity contribution in [2.24, 2.45) is 12.0 Å². The molecule has 0 aliphatic carbocycles. The third-order valence-electron chi connectivity index (χ3n) is 2.45. The van der Waals surface area contributed by atoms with E-state index in [2.05, 4.69) is 10.1 Å². The first-order chi connectivity index (χ1) is 9.29. The molecule has 0 saturated heterocycles. The molecule has 0 saturated carbocycles. The molecule has 0 spiro atoms. The predicted molar refractivity (Wildman–Crippen MR) is 71.9 cm³/mol. The first-order valence-electron chi connectivity index (χ1n) is 5.38. The molecule has 0 bridgehead atoms. The van der Waals surface area contributed by atoms with Crippen molar-refractivity contribution in [1.82, 2.24) is 9.78 Å². The lowest BCUT2D eigenvalue weighted by Crippen LogP contribution is -2.09. The lowest BCUT2D eigenvalue weighted by Gasteiger charge is -2.02. The normalized spacial score (nSPS) is 12.3. The van der Waals surface area contributed by atoms with E-state index in [9.17, 15) is 13.2 Å². The van der Waals surface area contributed by atoms with Gasteiger partial charge in [-0.1, -0.05) is 23.2 Å². The summed E-state index contributed by atoms with van der Waals surface area (Å²) in [6.07, 6.45) is -3.55. The number of benzene rings is 1. The van der Waals surface area contributed by atoms with Crippen LogP contribution in [0.3, 0.4) is 0 Å². The highest BCUT2D eigenvalue weighted by molar-refractivity contribution is 6.32. The highest BCUT2D eigenvalue weighted by Gasteiger charge is 2.38. The van der Waals surface area contributed by atoms with Crippen LogP contribution in [0.2, 0.25) is 10.2 Å². The molecule has 0 radical (unpaired) electrons. The molecular weight excluding hydrogens is 314 g/mol. The van der Waals surface area contributed by atoms with E-state index in [-0.39, 0.29) is 10.7 Å². The van der Waals surface area contributed by atoms with Gasteiger partial charge in [-0.3, -0.25) is 9.67 Å². The van der Waals surface area contributed by atoms with E-state index in [1.54, 1.807) is 24.3 Å². The van der Waals surface area contributed by atoms with Crippen LogP contribution in [0.5, 0.6) is 0 Å². The van der Waals surface area contributed by atoms with Crippen molar-refractivity contribution in [1.29, 1.82) is 0 Å². The Hall–Kier alpha value is -1.53. The van der Waals surface area contributed by atoms with E-state index >= 15 is 0 Å². The molecule has 1 aromatic heterocycles. The van der Waals surface area contributed by atoms with Gasteiger partial charge in [-0.05, 0) is 24.3 Å². The number of nitrogens with zero attached hydrogens (tertiary/aromatic N) is 3. The number of rotatable bonds is 2. The molecule has 0 fully saturated rings. The predicted octanol–water partition coefficient (Wildman–Crippen LogP) is 4.50. The number of hydrogen-bond acceptors (Lipinski definition) is 2. The summed E-state index contributed by atoms with van der Waals surface area (Å²) in [5, 5.41) is 3.74. The van der Waals surface area contributed by atoms with Gasteiger partial charge in [0, 0.05) is 18.3 Å². The molecule has 8 heteroatoms. The molecule has 0 N–H and O–H groups in total.